The van der Waals surface area contributed by atoms with Gasteiger partial charge >= 0.3 is 5.97 Å². The van der Waals surface area contributed by atoms with Crippen LogP contribution in [-0.2, 0) is 13.0 Å². The average molecular weight is 261 g/mol. The van der Waals surface area contributed by atoms with E-state index in [0.29, 0.717) is 11.5 Å². The smallest absolute Gasteiger partial charge is 0.339 e. The van der Waals surface area contributed by atoms with Crippen LogP contribution < -0.4 is 4.74 Å². The van der Waals surface area contributed by atoms with Gasteiger partial charge in [-0.25, -0.2) is 4.79 Å². The summed E-state index contributed by atoms with van der Waals surface area (Å²) >= 11 is 0. The monoisotopic (exact) mass is 261 g/mol. The molecule has 5 nitrogen and oxygen atoms in total. The van der Waals surface area contributed by atoms with Gasteiger partial charge in [-0.3, -0.25) is 4.98 Å². The van der Waals surface area contributed by atoms with Gasteiger partial charge in [0.25, 0.3) is 0 Å². The molecule has 2 heterocycles. The van der Waals surface area contributed by atoms with Crippen LogP contribution in [0.25, 0.3) is 0 Å². The molecule has 100 valence electrons. The summed E-state index contributed by atoms with van der Waals surface area (Å²) in [5.74, 6) is -0.0685. The number of aromatic carboxylic acids is 1. The van der Waals surface area contributed by atoms with Gasteiger partial charge in [-0.15, -0.1) is 0 Å². The zero-order valence-electron chi connectivity index (χ0n) is 10.8. The van der Waals surface area contributed by atoms with Crippen molar-refractivity contribution < 1.29 is 19.1 Å². The molecule has 2 rings (SSSR count). The Balaban J connectivity index is 2.14. The van der Waals surface area contributed by atoms with E-state index < -0.39 is 5.97 Å². The van der Waals surface area contributed by atoms with Gasteiger partial charge < -0.3 is 14.3 Å². The van der Waals surface area contributed by atoms with Crippen molar-refractivity contribution in [3.05, 3.63) is 47.2 Å². The van der Waals surface area contributed by atoms with E-state index in [1.807, 2.05) is 26.0 Å². The van der Waals surface area contributed by atoms with Crippen LogP contribution >= 0.6 is 0 Å². The summed E-state index contributed by atoms with van der Waals surface area (Å²) in [5.41, 5.74) is 1.90. The number of aromatic nitrogens is 1. The molecular formula is C14H15NO4. The first-order valence-electron chi connectivity index (χ1n) is 6.00. The maximum Gasteiger partial charge on any atom is 0.339 e. The fourth-order valence-corrected chi connectivity index (χ4v) is 1.77. The van der Waals surface area contributed by atoms with Gasteiger partial charge in [0.1, 0.15) is 17.9 Å². The first-order chi connectivity index (χ1) is 9.11. The predicted octanol–water partition coefficient (Wildman–Crippen LogP) is 2.82. The van der Waals surface area contributed by atoms with Crippen LogP contribution in [0, 0.1) is 6.92 Å². The fourth-order valence-electron chi connectivity index (χ4n) is 1.77. The molecule has 0 atom stereocenters. The van der Waals surface area contributed by atoms with Crippen molar-refractivity contribution >= 4 is 5.97 Å². The van der Waals surface area contributed by atoms with Crippen molar-refractivity contribution in [2.45, 2.75) is 26.9 Å². The summed E-state index contributed by atoms with van der Waals surface area (Å²) in [5, 5.41) is 8.96. The highest BCUT2D eigenvalue weighted by Gasteiger charge is 2.14. The normalized spacial score (nSPS) is 10.4. The minimum atomic E-state index is -1.02. The zero-order valence-corrected chi connectivity index (χ0v) is 10.8. The molecule has 2 aromatic rings. The molecule has 1 N–H and O–H groups in total. The van der Waals surface area contributed by atoms with Gasteiger partial charge in [-0.1, -0.05) is 6.92 Å². The van der Waals surface area contributed by atoms with Crippen molar-refractivity contribution in [1.29, 1.82) is 0 Å². The number of hydrogen-bond acceptors (Lipinski definition) is 4. The minimum absolute atomic E-state index is 0.0758. The Morgan fingerprint density at radius 1 is 1.42 bits per heavy atom. The minimum Gasteiger partial charge on any atom is -0.484 e. The van der Waals surface area contributed by atoms with Crippen LogP contribution in [0.5, 0.6) is 5.75 Å². The Kier molecular flexibility index (Phi) is 3.85. The molecule has 0 aliphatic heterocycles. The maximum absolute atomic E-state index is 10.9. The molecule has 5 heteroatoms. The molecule has 0 aliphatic carbocycles. The average Bonchev–Trinajstić information content (AvgIpc) is 2.85. The molecule has 0 radical (unpaired) electrons. The van der Waals surface area contributed by atoms with Gasteiger partial charge in [-0.2, -0.15) is 0 Å². The van der Waals surface area contributed by atoms with Crippen molar-refractivity contribution in [2.24, 2.45) is 0 Å². The molecule has 19 heavy (non-hydrogen) atoms. The third-order valence-electron chi connectivity index (χ3n) is 2.74. The lowest BCUT2D eigenvalue weighted by molar-refractivity contribution is 0.0692. The van der Waals surface area contributed by atoms with Gasteiger partial charge in [0.05, 0.1) is 12.0 Å². The Morgan fingerprint density at radius 3 is 2.89 bits per heavy atom. The lowest BCUT2D eigenvalue weighted by Crippen LogP contribution is -2.04. The number of nitrogens with zero attached hydrogens (tertiary/aromatic N) is 1. The highest BCUT2D eigenvalue weighted by Crippen LogP contribution is 2.20. The second kappa shape index (κ2) is 5.56. The Hall–Kier alpha value is -2.30. The largest absolute Gasteiger partial charge is 0.484 e. The lowest BCUT2D eigenvalue weighted by Gasteiger charge is -2.09. The SMILES string of the molecule is CCc1nc(C)ccc1OCc1occc1C(=O)O. The lowest BCUT2D eigenvalue weighted by atomic mass is 10.2. The van der Waals surface area contributed by atoms with E-state index in [4.69, 9.17) is 14.3 Å². The topological polar surface area (TPSA) is 72.6 Å². The molecule has 0 fully saturated rings. The second-order valence-corrected chi connectivity index (χ2v) is 4.10. The molecule has 0 unspecified atom stereocenters. The predicted molar refractivity (Wildman–Crippen MR) is 68.4 cm³/mol. The molecular weight excluding hydrogens is 246 g/mol. The van der Waals surface area contributed by atoms with E-state index in [-0.39, 0.29) is 12.2 Å². The highest BCUT2D eigenvalue weighted by molar-refractivity contribution is 5.88. The summed E-state index contributed by atoms with van der Waals surface area (Å²) in [6.45, 7) is 3.98. The van der Waals surface area contributed by atoms with Gasteiger partial charge in [-0.05, 0) is 31.5 Å². The van der Waals surface area contributed by atoms with E-state index in [9.17, 15) is 4.79 Å². The summed E-state index contributed by atoms with van der Waals surface area (Å²) in [4.78, 5) is 15.3. The van der Waals surface area contributed by atoms with Gasteiger partial charge in [0.2, 0.25) is 0 Å². The first-order valence-corrected chi connectivity index (χ1v) is 6.00. The third kappa shape index (κ3) is 2.93. The number of carbonyl (C=O) groups is 1. The number of ether oxygens (including phenoxy) is 1. The van der Waals surface area contributed by atoms with Crippen LogP contribution in [-0.4, -0.2) is 16.1 Å². The maximum atomic E-state index is 10.9. The van der Waals surface area contributed by atoms with E-state index in [0.717, 1.165) is 17.8 Å². The fraction of sp³-hybridized carbons (Fsp3) is 0.286. The molecule has 0 saturated carbocycles. The first kappa shape index (κ1) is 13.1. The van der Waals surface area contributed by atoms with Gasteiger partial charge in [0, 0.05) is 5.69 Å². The molecule has 0 amide bonds. The Labute approximate surface area is 110 Å². The molecule has 0 aliphatic rings. The van der Waals surface area contributed by atoms with E-state index >= 15 is 0 Å². The molecule has 0 aromatic carbocycles. The van der Waals surface area contributed by atoms with Crippen LogP contribution in [0.2, 0.25) is 0 Å². The number of carboxylic acid groups (broad SMARTS) is 1. The zero-order chi connectivity index (χ0) is 13.8. The van der Waals surface area contributed by atoms with Crippen LogP contribution in [0.1, 0.15) is 34.4 Å². The van der Waals surface area contributed by atoms with E-state index in [1.54, 1.807) is 0 Å². The van der Waals surface area contributed by atoms with Gasteiger partial charge in [0.15, 0.2) is 5.76 Å². The number of furan rings is 1. The van der Waals surface area contributed by atoms with Crippen molar-refractivity contribution in [1.82, 2.24) is 4.98 Å². The van der Waals surface area contributed by atoms with E-state index in [1.165, 1.54) is 12.3 Å². The quantitative estimate of drug-likeness (QED) is 0.895. The third-order valence-corrected chi connectivity index (χ3v) is 2.74. The summed E-state index contributed by atoms with van der Waals surface area (Å²) in [7, 11) is 0. The van der Waals surface area contributed by atoms with E-state index in [2.05, 4.69) is 4.98 Å². The van der Waals surface area contributed by atoms with Crippen molar-refractivity contribution in [2.75, 3.05) is 0 Å². The standard InChI is InChI=1S/C14H15NO4/c1-3-11-12(5-4-9(2)15-11)19-8-13-10(14(16)17)6-7-18-13/h4-7H,3,8H2,1-2H3,(H,16,17). The van der Waals surface area contributed by atoms with Crippen LogP contribution in [0.4, 0.5) is 0 Å². The number of aryl methyl sites for hydroxylation is 2. The molecule has 2 aromatic heterocycles. The molecule has 0 bridgehead atoms. The second-order valence-electron chi connectivity index (χ2n) is 4.10. The number of hydrogen-bond donors (Lipinski definition) is 1. The summed E-state index contributed by atoms with van der Waals surface area (Å²) in [6, 6.07) is 5.11. The molecule has 0 spiro atoms. The number of carboxylic acids is 1. The molecule has 0 saturated heterocycles. The van der Waals surface area contributed by atoms with Crippen LogP contribution in [0.15, 0.2) is 28.9 Å². The Bertz CT molecular complexity index is 589. The summed E-state index contributed by atoms with van der Waals surface area (Å²) in [6.07, 6.45) is 2.09. The number of pyridine rings is 1. The van der Waals surface area contributed by atoms with Crippen molar-refractivity contribution in [3.63, 3.8) is 0 Å². The van der Waals surface area contributed by atoms with Crippen LogP contribution in [0.3, 0.4) is 0 Å². The highest BCUT2D eigenvalue weighted by atomic mass is 16.5. The number of rotatable bonds is 5. The summed E-state index contributed by atoms with van der Waals surface area (Å²) < 4.78 is 10.7. The van der Waals surface area contributed by atoms with Crippen molar-refractivity contribution in [3.8, 4) is 5.75 Å². The Morgan fingerprint density at radius 2 is 2.21 bits per heavy atom.